The smallest absolute Gasteiger partial charge is 0.294 e. The number of hydrogen-bond donors (Lipinski definition) is 3. The fourth-order valence-electron chi connectivity index (χ4n) is 7.47. The first kappa shape index (κ1) is 43.4. The van der Waals surface area contributed by atoms with E-state index in [1.807, 2.05) is 55.5 Å². The molecule has 0 amide bonds. The fraction of sp³-hybridized carbons (Fsp3) is 0.255. The summed E-state index contributed by atoms with van der Waals surface area (Å²) in [6.45, 7) is 13.8. The third-order valence-electron chi connectivity index (χ3n) is 10.4. The molecule has 2 aliphatic carbocycles. The number of aryl methyl sites for hydroxylation is 1. The van der Waals surface area contributed by atoms with Gasteiger partial charge in [-0.15, -0.1) is 4.33 Å². The first-order valence-electron chi connectivity index (χ1n) is 19.7. The molecule has 0 atom stereocenters. The van der Waals surface area contributed by atoms with Gasteiger partial charge in [0.25, 0.3) is 10.1 Å². The van der Waals surface area contributed by atoms with Crippen LogP contribution in [0.3, 0.4) is 0 Å². The van der Waals surface area contributed by atoms with Gasteiger partial charge in [-0.1, -0.05) is 59.7 Å². The van der Waals surface area contributed by atoms with Crippen LogP contribution in [-0.2, 0) is 32.6 Å². The number of hydrogen-bond acceptors (Lipinski definition) is 9. The van der Waals surface area contributed by atoms with E-state index in [2.05, 4.69) is 119 Å². The van der Waals surface area contributed by atoms with E-state index in [0.717, 1.165) is 79.7 Å². The van der Waals surface area contributed by atoms with Gasteiger partial charge in [0.2, 0.25) is 0 Å². The van der Waals surface area contributed by atoms with Crippen molar-refractivity contribution in [2.45, 2.75) is 63.5 Å². The average Bonchev–Trinajstić information content (AvgIpc) is 3.23. The van der Waals surface area contributed by atoms with E-state index in [0.29, 0.717) is 26.2 Å². The molecule has 308 valence electrons. The van der Waals surface area contributed by atoms with Crippen LogP contribution >= 0.6 is 12.0 Å². The van der Waals surface area contributed by atoms with Gasteiger partial charge in [-0.2, -0.15) is 8.42 Å². The molecule has 2 aliphatic rings. The van der Waals surface area contributed by atoms with Crippen molar-refractivity contribution in [2.75, 3.05) is 29.9 Å². The van der Waals surface area contributed by atoms with Gasteiger partial charge in [0.05, 0.1) is 29.6 Å². The molecular weight excluding hydrogens is 783 g/mol. The summed E-state index contributed by atoms with van der Waals surface area (Å²) in [5.74, 6) is 0.846. The van der Waals surface area contributed by atoms with E-state index in [4.69, 9.17) is 9.99 Å². The zero-order valence-electron chi connectivity index (χ0n) is 34.0. The van der Waals surface area contributed by atoms with Gasteiger partial charge in [0, 0.05) is 53.0 Å². The van der Waals surface area contributed by atoms with E-state index < -0.39 is 10.1 Å². The molecule has 0 unspecified atom stereocenters. The number of benzene rings is 4. The summed E-state index contributed by atoms with van der Waals surface area (Å²) in [7, 11) is -4.31. The van der Waals surface area contributed by atoms with Gasteiger partial charge >= 0.3 is 0 Å². The Morgan fingerprint density at radius 2 is 1.63 bits per heavy atom. The highest BCUT2D eigenvalue weighted by Gasteiger charge is 2.24. The van der Waals surface area contributed by atoms with Crippen LogP contribution in [0.1, 0.15) is 49.9 Å². The number of rotatable bonds is 17. The summed E-state index contributed by atoms with van der Waals surface area (Å²) in [6.07, 6.45) is 15.5. The molecule has 59 heavy (non-hydrogen) atoms. The minimum absolute atomic E-state index is 0.000524. The van der Waals surface area contributed by atoms with Crippen molar-refractivity contribution < 1.29 is 36.9 Å². The summed E-state index contributed by atoms with van der Waals surface area (Å²) in [5, 5.41) is 16.0. The SMILES string of the molecule is CCOc1ccc(NC2C=CC(/C(=C3\C=CC(=[N+](CC)Cc4cccc(S(=O)(=O)O)c4)C=C3C)c3ccc(N(CC)Cc4cccc(SOOO)c4)cc3C)C=C2)cc1. The normalized spacial score (nSPS) is 18.1. The molecule has 6 rings (SSSR count). The summed E-state index contributed by atoms with van der Waals surface area (Å²) >= 11 is 0.948. The second kappa shape index (κ2) is 20.2. The van der Waals surface area contributed by atoms with Crippen molar-refractivity contribution in [3.63, 3.8) is 0 Å². The number of anilines is 2. The molecule has 3 N–H and O–H groups in total. The van der Waals surface area contributed by atoms with Crippen molar-refractivity contribution in [3.8, 4) is 5.75 Å². The van der Waals surface area contributed by atoms with Crippen molar-refractivity contribution in [3.05, 3.63) is 167 Å². The Labute approximate surface area is 352 Å². The molecule has 4 aromatic rings. The van der Waals surface area contributed by atoms with Crippen LogP contribution in [-0.4, -0.2) is 54.3 Å². The zero-order chi connectivity index (χ0) is 41.9. The fourth-order valence-corrected chi connectivity index (χ4v) is 8.46. The second-order valence-corrected chi connectivity index (χ2v) is 16.6. The van der Waals surface area contributed by atoms with Gasteiger partial charge in [-0.05, 0) is 135 Å². The summed E-state index contributed by atoms with van der Waals surface area (Å²) in [4.78, 5) is 3.03. The Bertz CT molecular complexity index is 2400. The minimum Gasteiger partial charge on any atom is -0.494 e. The molecule has 0 aromatic heterocycles. The molecule has 0 heterocycles. The van der Waals surface area contributed by atoms with Crippen LogP contribution in [0.2, 0.25) is 0 Å². The van der Waals surface area contributed by atoms with Gasteiger partial charge in [-0.3, -0.25) is 4.55 Å². The molecule has 0 aliphatic heterocycles. The van der Waals surface area contributed by atoms with E-state index in [1.165, 1.54) is 17.7 Å². The third-order valence-corrected chi connectivity index (χ3v) is 11.8. The van der Waals surface area contributed by atoms with Gasteiger partial charge in [-0.25, -0.2) is 9.83 Å². The predicted octanol–water partition coefficient (Wildman–Crippen LogP) is 10.3. The van der Waals surface area contributed by atoms with Crippen LogP contribution in [0.15, 0.2) is 154 Å². The second-order valence-electron chi connectivity index (χ2n) is 14.4. The lowest BCUT2D eigenvalue weighted by atomic mass is 9.80. The highest BCUT2D eigenvalue weighted by Crippen LogP contribution is 2.39. The predicted molar refractivity (Wildman–Crippen MR) is 237 cm³/mol. The third kappa shape index (κ3) is 11.3. The molecule has 0 saturated heterocycles. The van der Waals surface area contributed by atoms with Crippen molar-refractivity contribution in [2.24, 2.45) is 5.92 Å². The topological polar surface area (TPSA) is 121 Å². The van der Waals surface area contributed by atoms with Crippen LogP contribution < -0.4 is 15.0 Å². The van der Waals surface area contributed by atoms with E-state index >= 15 is 0 Å². The Hall–Kier alpha value is -5.21. The van der Waals surface area contributed by atoms with E-state index in [-0.39, 0.29) is 16.9 Å². The molecular formula is C47H52N3O7S2+. The molecule has 0 saturated carbocycles. The molecule has 10 nitrogen and oxygen atoms in total. The summed E-state index contributed by atoms with van der Waals surface area (Å²) in [6, 6.07) is 29.1. The van der Waals surface area contributed by atoms with E-state index in [9.17, 15) is 13.0 Å². The monoisotopic (exact) mass is 834 g/mol. The standard InChI is InChI=1S/C47H51N3O7S2/c1-6-49(31-35-11-9-13-43(29-35)58-57-56-51)40-21-25-45(33(4)27-40)47(37-15-17-38(18-16-37)48-39-19-23-42(24-20-39)55-8-3)46-26-22-41(28-34(46)5)50(7-2)32-36-12-10-14-44(30-36)59(52,53)54/h9-30,37-38,48H,6-8,31-32H2,1-5H3,(H-,51,52,53,54)/p+1. The quantitative estimate of drug-likeness (QED) is 0.0237. The van der Waals surface area contributed by atoms with Crippen molar-refractivity contribution in [1.82, 2.24) is 0 Å². The Kier molecular flexibility index (Phi) is 14.8. The van der Waals surface area contributed by atoms with Crippen LogP contribution in [0.5, 0.6) is 5.75 Å². The first-order chi connectivity index (χ1) is 28.5. The lowest BCUT2D eigenvalue weighted by Crippen LogP contribution is -2.22. The lowest BCUT2D eigenvalue weighted by Gasteiger charge is -2.28. The molecule has 0 spiro atoms. The number of nitrogens with one attached hydrogen (secondary N) is 1. The van der Waals surface area contributed by atoms with Crippen LogP contribution in [0.25, 0.3) is 5.57 Å². The maximum Gasteiger partial charge on any atom is 0.294 e. The molecule has 0 bridgehead atoms. The molecule has 12 heteroatoms. The highest BCUT2D eigenvalue weighted by molar-refractivity contribution is 7.94. The van der Waals surface area contributed by atoms with Gasteiger partial charge < -0.3 is 15.0 Å². The maximum absolute atomic E-state index is 11.8. The zero-order valence-corrected chi connectivity index (χ0v) is 35.7. The number of allylic oxidation sites excluding steroid dienone is 8. The van der Waals surface area contributed by atoms with Crippen LogP contribution in [0.4, 0.5) is 11.4 Å². The Morgan fingerprint density at radius 1 is 0.881 bits per heavy atom. The number of nitrogens with zero attached hydrogens (tertiary/aromatic N) is 2. The minimum atomic E-state index is -4.31. The maximum atomic E-state index is 11.8. The molecule has 0 radical (unpaired) electrons. The Balaban J connectivity index is 1.33. The average molecular weight is 835 g/mol. The van der Waals surface area contributed by atoms with Gasteiger partial charge in [0.15, 0.2) is 12.3 Å². The highest BCUT2D eigenvalue weighted by atomic mass is 32.2. The summed E-state index contributed by atoms with van der Waals surface area (Å²) in [5.41, 5.74) is 10.8. The van der Waals surface area contributed by atoms with Crippen molar-refractivity contribution in [1.29, 1.82) is 0 Å². The van der Waals surface area contributed by atoms with E-state index in [1.54, 1.807) is 6.07 Å². The van der Waals surface area contributed by atoms with Crippen LogP contribution in [0, 0.1) is 12.8 Å². The largest absolute Gasteiger partial charge is 0.494 e. The number of ether oxygens (including phenoxy) is 1. The molecule has 0 fully saturated rings. The Morgan fingerprint density at radius 3 is 2.29 bits per heavy atom. The first-order valence-corrected chi connectivity index (χ1v) is 21.9. The van der Waals surface area contributed by atoms with Gasteiger partial charge in [0.1, 0.15) is 12.3 Å². The lowest BCUT2D eigenvalue weighted by molar-refractivity contribution is -0.539. The van der Waals surface area contributed by atoms with Crippen molar-refractivity contribution >= 4 is 44.8 Å². The molecule has 4 aromatic carbocycles. The summed E-state index contributed by atoms with van der Waals surface area (Å²) < 4.78 is 45.8.